The van der Waals surface area contributed by atoms with Gasteiger partial charge in [-0.2, -0.15) is 0 Å². The number of nitrogens with zero attached hydrogens (tertiary/aromatic N) is 1. The lowest BCUT2D eigenvalue weighted by Crippen LogP contribution is -1.96. The normalized spacial score (nSPS) is 14.2. The van der Waals surface area contributed by atoms with E-state index in [1.807, 2.05) is 11.6 Å². The Morgan fingerprint density at radius 3 is 2.29 bits per heavy atom. The predicted molar refractivity (Wildman–Crippen MR) is 109 cm³/mol. The highest BCUT2D eigenvalue weighted by Gasteiger charge is 2.36. The number of phenolic OH excluding ortho intramolecular Hbond substituents is 2. The zero-order valence-corrected chi connectivity index (χ0v) is 15.3. The molecule has 1 aliphatic rings. The van der Waals surface area contributed by atoms with Gasteiger partial charge in [0.15, 0.2) is 0 Å². The van der Waals surface area contributed by atoms with E-state index in [0.29, 0.717) is 39.0 Å². The van der Waals surface area contributed by atoms with Crippen LogP contribution < -0.4 is 0 Å². The molecule has 0 radical (unpaired) electrons. The van der Waals surface area contributed by atoms with Crippen LogP contribution in [0.4, 0.5) is 0 Å². The molecule has 1 aliphatic heterocycles. The minimum Gasteiger partial charge on any atom is -0.508 e. The first-order valence-corrected chi connectivity index (χ1v) is 9.45. The zero-order valence-electron chi connectivity index (χ0n) is 14.5. The van der Waals surface area contributed by atoms with Gasteiger partial charge in [-0.05, 0) is 48.2 Å². The highest BCUT2D eigenvalue weighted by Crippen LogP contribution is 2.47. The van der Waals surface area contributed by atoms with E-state index in [1.54, 1.807) is 36.4 Å². The number of hydrogen-bond donors (Lipinski definition) is 3. The summed E-state index contributed by atoms with van der Waals surface area (Å²) >= 11 is 0.691. The largest absolute Gasteiger partial charge is 0.508 e. The second-order valence-electron chi connectivity index (χ2n) is 7.02. The van der Waals surface area contributed by atoms with E-state index in [4.69, 9.17) is 0 Å². The predicted octanol–water partition coefficient (Wildman–Crippen LogP) is 4.40. The molecule has 0 saturated heterocycles. The van der Waals surface area contributed by atoms with Crippen molar-refractivity contribution in [1.82, 2.24) is 9.55 Å². The lowest BCUT2D eigenvalue weighted by Gasteiger charge is -2.05. The molecule has 3 aromatic carbocycles. The van der Waals surface area contributed by atoms with Crippen molar-refractivity contribution in [1.29, 1.82) is 0 Å². The Morgan fingerprint density at radius 2 is 1.54 bits per heavy atom. The van der Waals surface area contributed by atoms with Crippen molar-refractivity contribution < 1.29 is 19.8 Å². The molecule has 0 spiro atoms. The quantitative estimate of drug-likeness (QED) is 0.365. The van der Waals surface area contributed by atoms with E-state index in [1.165, 1.54) is 0 Å². The maximum absolute atomic E-state index is 12.8. The monoisotopic (exact) mass is 388 g/mol. The molecule has 0 aliphatic carbocycles. The van der Waals surface area contributed by atoms with Crippen LogP contribution in [0.1, 0.15) is 20.7 Å². The van der Waals surface area contributed by atoms with Crippen LogP contribution in [-0.2, 0) is 7.05 Å². The van der Waals surface area contributed by atoms with Gasteiger partial charge >= 0.3 is 0 Å². The van der Waals surface area contributed by atoms with Gasteiger partial charge in [-0.1, -0.05) is 0 Å². The first-order chi connectivity index (χ1) is 13.5. The summed E-state index contributed by atoms with van der Waals surface area (Å²) in [6, 6.07) is 9.96. The summed E-state index contributed by atoms with van der Waals surface area (Å²) < 4.78 is 1.96. The molecule has 28 heavy (non-hydrogen) atoms. The number of aromatic nitrogens is 2. The van der Waals surface area contributed by atoms with Crippen LogP contribution in [0.25, 0.3) is 43.6 Å². The first kappa shape index (κ1) is 15.6. The molecule has 3 N–H and O–H groups in total. The average Bonchev–Trinajstić information content (AvgIpc) is 3.25. The molecular weight excluding hydrogens is 376 g/mol. The van der Waals surface area contributed by atoms with Crippen molar-refractivity contribution in [3.63, 3.8) is 0 Å². The summed E-state index contributed by atoms with van der Waals surface area (Å²) in [6.45, 7) is 0. The summed E-state index contributed by atoms with van der Waals surface area (Å²) in [7, 11) is 1.89. The molecule has 6 nitrogen and oxygen atoms in total. The van der Waals surface area contributed by atoms with E-state index >= 15 is 0 Å². The molecule has 136 valence electrons. The Kier molecular flexibility index (Phi) is 2.72. The van der Waals surface area contributed by atoms with Crippen LogP contribution in [0.15, 0.2) is 36.4 Å². The summed E-state index contributed by atoms with van der Waals surface area (Å²) in [6.07, 6.45) is 0. The number of aromatic amines is 1. The number of fused-ring (bicyclic) bond motifs is 10. The third-order valence-corrected chi connectivity index (χ3v) is 6.32. The van der Waals surface area contributed by atoms with Gasteiger partial charge < -0.3 is 19.8 Å². The van der Waals surface area contributed by atoms with Gasteiger partial charge in [0.2, 0.25) is 10.2 Å². The molecule has 7 heteroatoms. The van der Waals surface area contributed by atoms with E-state index < -0.39 is 0 Å². The highest BCUT2D eigenvalue weighted by atomic mass is 32.2. The van der Waals surface area contributed by atoms with Crippen LogP contribution in [0.5, 0.6) is 11.5 Å². The fourth-order valence-corrected chi connectivity index (χ4v) is 5.22. The van der Waals surface area contributed by atoms with Crippen molar-refractivity contribution in [2.24, 2.45) is 7.05 Å². The Labute approximate surface area is 161 Å². The lowest BCUT2D eigenvalue weighted by molar-refractivity contribution is 0.108. The number of carbonyl (C=O) groups excluding carboxylic acids is 2. The molecule has 2 aromatic heterocycles. The van der Waals surface area contributed by atoms with Crippen molar-refractivity contribution in [3.05, 3.63) is 47.5 Å². The lowest BCUT2D eigenvalue weighted by atomic mass is 9.96. The molecule has 0 unspecified atom stereocenters. The molecular formula is C21H12N2O4S. The third-order valence-electron chi connectivity index (χ3n) is 5.55. The summed E-state index contributed by atoms with van der Waals surface area (Å²) in [5.41, 5.74) is 3.88. The van der Waals surface area contributed by atoms with Gasteiger partial charge in [-0.25, -0.2) is 0 Å². The van der Waals surface area contributed by atoms with Gasteiger partial charge in [0, 0.05) is 39.6 Å². The van der Waals surface area contributed by atoms with Gasteiger partial charge in [0.25, 0.3) is 0 Å². The van der Waals surface area contributed by atoms with E-state index in [2.05, 4.69) is 4.98 Å². The number of thioether (sulfide) groups is 1. The van der Waals surface area contributed by atoms with Crippen molar-refractivity contribution in [2.45, 2.75) is 0 Å². The van der Waals surface area contributed by atoms with Crippen LogP contribution in [0, 0.1) is 0 Å². The number of rotatable bonds is 0. The average molecular weight is 388 g/mol. The van der Waals surface area contributed by atoms with E-state index in [-0.39, 0.29) is 21.7 Å². The van der Waals surface area contributed by atoms with E-state index in [0.717, 1.165) is 27.5 Å². The minimum atomic E-state index is -0.298. The summed E-state index contributed by atoms with van der Waals surface area (Å²) in [5.74, 6) is 0.188. The fourth-order valence-electron chi connectivity index (χ4n) is 4.44. The Balaban J connectivity index is 2.03. The molecule has 3 heterocycles. The van der Waals surface area contributed by atoms with Crippen LogP contribution >= 0.6 is 11.8 Å². The number of aryl methyl sites for hydroxylation is 1. The number of carbonyl (C=O) groups is 2. The number of benzene rings is 3. The van der Waals surface area contributed by atoms with Gasteiger partial charge in [-0.3, -0.25) is 9.59 Å². The molecule has 0 saturated carbocycles. The second kappa shape index (κ2) is 4.88. The number of H-pyrrole nitrogens is 1. The summed E-state index contributed by atoms with van der Waals surface area (Å²) in [5, 5.41) is 22.1. The summed E-state index contributed by atoms with van der Waals surface area (Å²) in [4.78, 5) is 28.9. The molecule has 0 fully saturated rings. The third kappa shape index (κ3) is 1.70. The standard InChI is InChI=1S/C21H12N2O4S/c1-23-13-5-3-9(25)7-11(13)15-17-16(20(26)28-21(17)27)14-10-6-8(24)2-4-12(10)22-18(14)19(15)23/h2-7,22,24-25H,1H3. The number of phenols is 2. The maximum atomic E-state index is 12.8. The molecule has 5 aromatic rings. The number of aromatic hydroxyl groups is 2. The van der Waals surface area contributed by atoms with Crippen molar-refractivity contribution in [2.75, 3.05) is 0 Å². The van der Waals surface area contributed by atoms with Gasteiger partial charge in [0.05, 0.1) is 22.2 Å². The molecule has 0 amide bonds. The maximum Gasteiger partial charge on any atom is 0.228 e. The van der Waals surface area contributed by atoms with Crippen LogP contribution in [0.2, 0.25) is 0 Å². The van der Waals surface area contributed by atoms with Crippen LogP contribution in [-0.4, -0.2) is 30.0 Å². The SMILES string of the molecule is Cn1c2ccc(O)cc2c2c3c(c4c5cc(O)ccc5[nH]c4c21)C(=O)SC3=O. The van der Waals surface area contributed by atoms with Crippen molar-refractivity contribution >= 4 is 65.6 Å². The Morgan fingerprint density at radius 1 is 0.893 bits per heavy atom. The molecule has 0 atom stereocenters. The minimum absolute atomic E-state index is 0.0913. The Bertz CT molecular complexity index is 1560. The number of nitrogens with one attached hydrogen (secondary N) is 1. The smallest absolute Gasteiger partial charge is 0.228 e. The highest BCUT2D eigenvalue weighted by molar-refractivity contribution is 8.27. The molecule has 0 bridgehead atoms. The van der Waals surface area contributed by atoms with Gasteiger partial charge in [-0.15, -0.1) is 0 Å². The van der Waals surface area contributed by atoms with Crippen LogP contribution in [0.3, 0.4) is 0 Å². The Hall–Kier alpha value is -3.45. The second-order valence-corrected chi connectivity index (χ2v) is 7.96. The topological polar surface area (TPSA) is 95.3 Å². The zero-order chi connectivity index (χ0) is 19.3. The van der Waals surface area contributed by atoms with Gasteiger partial charge in [0.1, 0.15) is 11.5 Å². The number of hydrogen-bond acceptors (Lipinski definition) is 5. The fraction of sp³-hybridized carbons (Fsp3) is 0.0476. The van der Waals surface area contributed by atoms with Crippen molar-refractivity contribution in [3.8, 4) is 11.5 Å². The first-order valence-electron chi connectivity index (χ1n) is 8.63. The molecule has 6 rings (SSSR count). The van der Waals surface area contributed by atoms with E-state index in [9.17, 15) is 19.8 Å².